The molecule has 1 amide bonds. The van der Waals surface area contributed by atoms with Crippen molar-refractivity contribution < 1.29 is 9.53 Å². The first-order chi connectivity index (χ1) is 15.0. The molecule has 2 aromatic heterocycles. The van der Waals surface area contributed by atoms with Crippen molar-refractivity contribution in [3.05, 3.63) is 35.8 Å². The Morgan fingerprint density at radius 2 is 2.06 bits per heavy atom. The first-order valence-corrected chi connectivity index (χ1v) is 10.9. The summed E-state index contributed by atoms with van der Waals surface area (Å²) in [5, 5.41) is 0. The molecule has 8 heteroatoms. The minimum atomic E-state index is -0.442. The van der Waals surface area contributed by atoms with Crippen LogP contribution in [0.3, 0.4) is 0 Å². The predicted octanol–water partition coefficient (Wildman–Crippen LogP) is 2.58. The molecule has 3 N–H and O–H groups in total. The maximum atomic E-state index is 12.5. The summed E-state index contributed by atoms with van der Waals surface area (Å²) in [5.74, 6) is 0.274. The summed E-state index contributed by atoms with van der Waals surface area (Å²) in [5.41, 5.74) is 11.7. The summed E-state index contributed by atoms with van der Waals surface area (Å²) in [7, 11) is 4.24. The lowest BCUT2D eigenvalue weighted by molar-refractivity contribution is 0.100. The van der Waals surface area contributed by atoms with Gasteiger partial charge in [0.05, 0.1) is 35.2 Å². The molecule has 162 valence electrons. The van der Waals surface area contributed by atoms with Crippen LogP contribution in [0, 0.1) is 0 Å². The largest absolute Gasteiger partial charge is 0.477 e. The molecule has 5 rings (SSSR count). The van der Waals surface area contributed by atoms with Gasteiger partial charge in [0.2, 0.25) is 5.88 Å². The Morgan fingerprint density at radius 3 is 2.81 bits per heavy atom. The number of nitrogens with zero attached hydrogens (tertiary/aromatic N) is 4. The summed E-state index contributed by atoms with van der Waals surface area (Å²) in [4.78, 5) is 29.3. The maximum absolute atomic E-state index is 12.5. The Morgan fingerprint density at radius 1 is 1.26 bits per heavy atom. The zero-order chi connectivity index (χ0) is 21.5. The molecular weight excluding hydrogens is 392 g/mol. The fraction of sp³-hybridized carbons (Fsp3) is 0.435. The number of aromatic amines is 1. The smallest absolute Gasteiger partial charge is 0.253 e. The van der Waals surface area contributed by atoms with Gasteiger partial charge in [-0.3, -0.25) is 4.79 Å². The van der Waals surface area contributed by atoms with Gasteiger partial charge in [0, 0.05) is 42.0 Å². The van der Waals surface area contributed by atoms with Gasteiger partial charge in [-0.25, -0.2) is 9.97 Å². The van der Waals surface area contributed by atoms with E-state index in [4.69, 9.17) is 10.5 Å². The van der Waals surface area contributed by atoms with Gasteiger partial charge in [-0.2, -0.15) is 0 Å². The standard InChI is InChI=1S/C23H28N6O2/c1-28(2)16-5-7-29(8-6-16)18-11-17(20-21(27-13-26-20)19(18)22(24)30)15-10-14-4-3-9-31-23(14)25-12-15/h10-13,16H,3-9H2,1-2H3,(H2,24,30)(H,26,27). The monoisotopic (exact) mass is 420 g/mol. The number of carbonyl (C=O) groups excluding carboxylic acids is 1. The molecule has 2 aliphatic heterocycles. The van der Waals surface area contributed by atoms with E-state index in [0.29, 0.717) is 29.6 Å². The van der Waals surface area contributed by atoms with Gasteiger partial charge in [0.1, 0.15) is 0 Å². The second-order valence-corrected chi connectivity index (χ2v) is 8.63. The van der Waals surface area contributed by atoms with Gasteiger partial charge in [-0.1, -0.05) is 0 Å². The van der Waals surface area contributed by atoms with E-state index in [2.05, 4.69) is 51.0 Å². The van der Waals surface area contributed by atoms with Crippen LogP contribution in [0.15, 0.2) is 24.7 Å². The molecule has 4 heterocycles. The molecule has 0 aliphatic carbocycles. The molecule has 3 aromatic rings. The van der Waals surface area contributed by atoms with E-state index < -0.39 is 5.91 Å². The number of benzene rings is 1. The number of ether oxygens (including phenoxy) is 1. The number of piperidine rings is 1. The van der Waals surface area contributed by atoms with Crippen LogP contribution < -0.4 is 15.4 Å². The van der Waals surface area contributed by atoms with Crippen LogP contribution in [0.25, 0.3) is 22.2 Å². The normalized spacial score (nSPS) is 17.1. The third kappa shape index (κ3) is 3.50. The van der Waals surface area contributed by atoms with Crippen molar-refractivity contribution in [1.29, 1.82) is 0 Å². The van der Waals surface area contributed by atoms with E-state index in [-0.39, 0.29) is 0 Å². The van der Waals surface area contributed by atoms with Crippen molar-refractivity contribution in [1.82, 2.24) is 19.9 Å². The molecule has 0 unspecified atom stereocenters. The number of aryl methyl sites for hydroxylation is 1. The van der Waals surface area contributed by atoms with Gasteiger partial charge in [-0.15, -0.1) is 0 Å². The second-order valence-electron chi connectivity index (χ2n) is 8.63. The highest BCUT2D eigenvalue weighted by Crippen LogP contribution is 2.38. The molecule has 31 heavy (non-hydrogen) atoms. The number of rotatable bonds is 4. The van der Waals surface area contributed by atoms with Gasteiger partial charge >= 0.3 is 0 Å². The lowest BCUT2D eigenvalue weighted by Gasteiger charge is -2.37. The fourth-order valence-electron chi connectivity index (χ4n) is 4.82. The Hall–Kier alpha value is -3.13. The minimum absolute atomic E-state index is 0.442. The van der Waals surface area contributed by atoms with Crippen LogP contribution in [0.1, 0.15) is 35.2 Å². The Balaban J connectivity index is 1.62. The van der Waals surface area contributed by atoms with E-state index in [0.717, 1.165) is 66.7 Å². The van der Waals surface area contributed by atoms with Gasteiger partial charge in [0.25, 0.3) is 5.91 Å². The number of hydrogen-bond donors (Lipinski definition) is 2. The number of amides is 1. The first-order valence-electron chi connectivity index (χ1n) is 10.9. The Labute approximate surface area is 181 Å². The highest BCUT2D eigenvalue weighted by atomic mass is 16.5. The topological polar surface area (TPSA) is 100 Å². The summed E-state index contributed by atoms with van der Waals surface area (Å²) >= 11 is 0. The molecule has 0 atom stereocenters. The minimum Gasteiger partial charge on any atom is -0.477 e. The number of nitrogens with two attached hydrogens (primary N) is 1. The number of anilines is 1. The number of nitrogens with one attached hydrogen (secondary N) is 1. The molecule has 0 radical (unpaired) electrons. The summed E-state index contributed by atoms with van der Waals surface area (Å²) in [6, 6.07) is 4.75. The van der Waals surface area contributed by atoms with Crippen molar-refractivity contribution >= 4 is 22.6 Å². The van der Waals surface area contributed by atoms with E-state index in [1.807, 2.05) is 6.20 Å². The molecule has 8 nitrogen and oxygen atoms in total. The average Bonchev–Trinajstić information content (AvgIpc) is 3.27. The molecule has 2 aliphatic rings. The number of hydrogen-bond acceptors (Lipinski definition) is 6. The third-order valence-corrected chi connectivity index (χ3v) is 6.53. The van der Waals surface area contributed by atoms with Gasteiger partial charge in [-0.05, 0) is 51.9 Å². The van der Waals surface area contributed by atoms with E-state index in [9.17, 15) is 4.79 Å². The molecule has 1 saturated heterocycles. The number of imidazole rings is 1. The van der Waals surface area contributed by atoms with Crippen LogP contribution in [0.4, 0.5) is 5.69 Å². The zero-order valence-electron chi connectivity index (χ0n) is 18.0. The summed E-state index contributed by atoms with van der Waals surface area (Å²) in [6.45, 7) is 2.46. The number of pyridine rings is 1. The second kappa shape index (κ2) is 7.85. The molecular formula is C23H28N6O2. The lowest BCUT2D eigenvalue weighted by Crippen LogP contribution is -2.42. The van der Waals surface area contributed by atoms with Crippen LogP contribution >= 0.6 is 0 Å². The first kappa shape index (κ1) is 19.8. The maximum Gasteiger partial charge on any atom is 0.253 e. The van der Waals surface area contributed by atoms with Gasteiger partial charge in [0.15, 0.2) is 0 Å². The highest BCUT2D eigenvalue weighted by molar-refractivity contribution is 6.12. The summed E-state index contributed by atoms with van der Waals surface area (Å²) in [6.07, 6.45) is 7.47. The van der Waals surface area contributed by atoms with E-state index in [1.165, 1.54) is 0 Å². The van der Waals surface area contributed by atoms with Crippen LogP contribution in [-0.2, 0) is 6.42 Å². The van der Waals surface area contributed by atoms with Crippen LogP contribution in [-0.4, -0.2) is 65.6 Å². The van der Waals surface area contributed by atoms with Crippen LogP contribution in [0.5, 0.6) is 5.88 Å². The number of carbonyl (C=O) groups is 1. The quantitative estimate of drug-likeness (QED) is 0.673. The van der Waals surface area contributed by atoms with Crippen molar-refractivity contribution in [3.8, 4) is 17.0 Å². The molecule has 1 aromatic carbocycles. The predicted molar refractivity (Wildman–Crippen MR) is 121 cm³/mol. The van der Waals surface area contributed by atoms with Crippen molar-refractivity contribution in [3.63, 3.8) is 0 Å². The average molecular weight is 421 g/mol. The van der Waals surface area contributed by atoms with Crippen molar-refractivity contribution in [2.45, 2.75) is 31.7 Å². The van der Waals surface area contributed by atoms with E-state index >= 15 is 0 Å². The molecule has 0 saturated carbocycles. The molecule has 1 fully saturated rings. The van der Waals surface area contributed by atoms with Crippen molar-refractivity contribution in [2.24, 2.45) is 5.73 Å². The third-order valence-electron chi connectivity index (χ3n) is 6.53. The van der Waals surface area contributed by atoms with Crippen molar-refractivity contribution in [2.75, 3.05) is 38.7 Å². The highest BCUT2D eigenvalue weighted by Gasteiger charge is 2.27. The van der Waals surface area contributed by atoms with Crippen LogP contribution in [0.2, 0.25) is 0 Å². The molecule has 0 spiro atoms. The molecule has 0 bridgehead atoms. The van der Waals surface area contributed by atoms with Gasteiger partial charge < -0.3 is 25.3 Å². The number of aromatic nitrogens is 3. The number of fused-ring (bicyclic) bond motifs is 2. The number of H-pyrrole nitrogens is 1. The lowest BCUT2D eigenvalue weighted by atomic mass is 9.96. The van der Waals surface area contributed by atoms with E-state index in [1.54, 1.807) is 6.33 Å². The summed E-state index contributed by atoms with van der Waals surface area (Å²) < 4.78 is 5.68. The fourth-order valence-corrected chi connectivity index (χ4v) is 4.82. The number of primary amides is 1. The Kier molecular flexibility index (Phi) is 5.02. The Bertz CT molecular complexity index is 1130. The zero-order valence-corrected chi connectivity index (χ0v) is 18.0. The SMILES string of the molecule is CN(C)C1CCN(c2cc(-c3cnc4c(c3)CCCO4)c3nc[nH]c3c2C(N)=O)CC1.